The molecule has 0 unspecified atom stereocenters. The van der Waals surface area contributed by atoms with Gasteiger partial charge in [0.05, 0.1) is 4.99 Å². The average molecular weight is 185 g/mol. The summed E-state index contributed by atoms with van der Waals surface area (Å²) in [5.41, 5.74) is 0.451. The Labute approximate surface area is 78.3 Å². The third-order valence-electron chi connectivity index (χ3n) is 3.05. The summed E-state index contributed by atoms with van der Waals surface area (Å²) in [7, 11) is 0. The molecule has 4 heteroatoms. The Morgan fingerprint density at radius 2 is 2.08 bits per heavy atom. The second-order valence-corrected chi connectivity index (χ2v) is 4.48. The predicted molar refractivity (Wildman–Crippen MR) is 52.6 cm³/mol. The number of nitrogens with one attached hydrogen (secondary N) is 1. The maximum absolute atomic E-state index is 5.70. The molecular formula is C8H15N3S. The quantitative estimate of drug-likeness (QED) is 0.420. The minimum atomic E-state index is 0.451. The van der Waals surface area contributed by atoms with Gasteiger partial charge in [-0.1, -0.05) is 12.2 Å². The summed E-state index contributed by atoms with van der Waals surface area (Å²) < 4.78 is 0. The summed E-state index contributed by atoms with van der Waals surface area (Å²) in [6.07, 6.45) is 3.46. The van der Waals surface area contributed by atoms with Crippen molar-refractivity contribution in [3.8, 4) is 0 Å². The molecule has 0 aliphatic carbocycles. The maximum atomic E-state index is 5.70. The van der Waals surface area contributed by atoms with Crippen molar-refractivity contribution in [2.45, 2.75) is 19.3 Å². The molecule has 12 heavy (non-hydrogen) atoms. The SMILES string of the molecule is NN1CCC2(CC1)CNC(=S)C2. The molecule has 0 aromatic heterocycles. The molecule has 2 aliphatic rings. The first-order valence-corrected chi connectivity index (χ1v) is 4.87. The lowest BCUT2D eigenvalue weighted by Crippen LogP contribution is -2.44. The normalized spacial score (nSPS) is 29.2. The van der Waals surface area contributed by atoms with Crippen LogP contribution >= 0.6 is 12.2 Å². The van der Waals surface area contributed by atoms with Crippen molar-refractivity contribution in [1.82, 2.24) is 10.3 Å². The van der Waals surface area contributed by atoms with Gasteiger partial charge in [-0.05, 0) is 18.3 Å². The van der Waals surface area contributed by atoms with E-state index in [4.69, 9.17) is 18.1 Å². The number of piperidine rings is 1. The van der Waals surface area contributed by atoms with Gasteiger partial charge in [0, 0.05) is 26.1 Å². The van der Waals surface area contributed by atoms with E-state index in [-0.39, 0.29) is 0 Å². The molecule has 2 heterocycles. The van der Waals surface area contributed by atoms with Crippen LogP contribution in [0.25, 0.3) is 0 Å². The number of nitrogens with zero attached hydrogens (tertiary/aromatic N) is 1. The molecule has 0 amide bonds. The lowest BCUT2D eigenvalue weighted by molar-refractivity contribution is 0.123. The van der Waals surface area contributed by atoms with E-state index in [0.29, 0.717) is 5.41 Å². The highest BCUT2D eigenvalue weighted by molar-refractivity contribution is 7.80. The van der Waals surface area contributed by atoms with Gasteiger partial charge in [0.1, 0.15) is 0 Å². The molecule has 0 radical (unpaired) electrons. The zero-order valence-electron chi connectivity index (χ0n) is 7.18. The number of thiocarbonyl (C=S) groups is 1. The van der Waals surface area contributed by atoms with E-state index in [2.05, 4.69) is 5.32 Å². The Morgan fingerprint density at radius 3 is 2.58 bits per heavy atom. The molecule has 68 valence electrons. The van der Waals surface area contributed by atoms with Gasteiger partial charge in [0.15, 0.2) is 0 Å². The van der Waals surface area contributed by atoms with E-state index >= 15 is 0 Å². The Balaban J connectivity index is 1.99. The topological polar surface area (TPSA) is 41.3 Å². The van der Waals surface area contributed by atoms with Crippen molar-refractivity contribution in [2.75, 3.05) is 19.6 Å². The minimum absolute atomic E-state index is 0.451. The van der Waals surface area contributed by atoms with Crippen LogP contribution in [-0.2, 0) is 0 Å². The summed E-state index contributed by atoms with van der Waals surface area (Å²) in [5.74, 6) is 5.70. The van der Waals surface area contributed by atoms with Crippen LogP contribution in [0.1, 0.15) is 19.3 Å². The summed E-state index contributed by atoms with van der Waals surface area (Å²) in [6.45, 7) is 3.11. The molecule has 2 fully saturated rings. The fraction of sp³-hybridized carbons (Fsp3) is 0.875. The van der Waals surface area contributed by atoms with Gasteiger partial charge in [-0.25, -0.2) is 5.01 Å². The van der Waals surface area contributed by atoms with E-state index in [9.17, 15) is 0 Å². The fourth-order valence-corrected chi connectivity index (χ4v) is 2.48. The van der Waals surface area contributed by atoms with Crippen LogP contribution in [0.3, 0.4) is 0 Å². The van der Waals surface area contributed by atoms with E-state index in [1.54, 1.807) is 0 Å². The molecule has 2 aliphatic heterocycles. The van der Waals surface area contributed by atoms with Crippen molar-refractivity contribution in [3.63, 3.8) is 0 Å². The number of hydrazine groups is 1. The van der Waals surface area contributed by atoms with Crippen LogP contribution in [0.4, 0.5) is 0 Å². The van der Waals surface area contributed by atoms with Crippen molar-refractivity contribution in [1.29, 1.82) is 0 Å². The molecule has 0 atom stereocenters. The van der Waals surface area contributed by atoms with E-state index in [1.807, 2.05) is 5.01 Å². The van der Waals surface area contributed by atoms with Crippen LogP contribution < -0.4 is 11.2 Å². The first kappa shape index (κ1) is 8.41. The van der Waals surface area contributed by atoms with Gasteiger partial charge in [0.25, 0.3) is 0 Å². The average Bonchev–Trinajstić information content (AvgIpc) is 2.40. The summed E-state index contributed by atoms with van der Waals surface area (Å²) in [4.78, 5) is 1.04. The fourth-order valence-electron chi connectivity index (χ4n) is 2.10. The van der Waals surface area contributed by atoms with Gasteiger partial charge in [-0.15, -0.1) is 0 Å². The molecule has 3 N–H and O–H groups in total. The molecular weight excluding hydrogens is 170 g/mol. The first-order chi connectivity index (χ1) is 5.70. The van der Waals surface area contributed by atoms with Crippen molar-refractivity contribution in [3.05, 3.63) is 0 Å². The van der Waals surface area contributed by atoms with E-state index < -0.39 is 0 Å². The third kappa shape index (κ3) is 1.46. The minimum Gasteiger partial charge on any atom is -0.379 e. The highest BCUT2D eigenvalue weighted by Crippen LogP contribution is 2.36. The van der Waals surface area contributed by atoms with Crippen LogP contribution in [0, 0.1) is 5.41 Å². The highest BCUT2D eigenvalue weighted by Gasteiger charge is 2.38. The molecule has 3 nitrogen and oxygen atoms in total. The lowest BCUT2D eigenvalue weighted by Gasteiger charge is -2.36. The van der Waals surface area contributed by atoms with Crippen LogP contribution in [0.5, 0.6) is 0 Å². The highest BCUT2D eigenvalue weighted by atomic mass is 32.1. The van der Waals surface area contributed by atoms with Crippen molar-refractivity contribution in [2.24, 2.45) is 11.3 Å². The smallest absolute Gasteiger partial charge is 0.0759 e. The zero-order chi connectivity index (χ0) is 8.60. The second kappa shape index (κ2) is 2.94. The zero-order valence-corrected chi connectivity index (χ0v) is 7.99. The number of hydrogen-bond donors (Lipinski definition) is 2. The van der Waals surface area contributed by atoms with Crippen LogP contribution in [0.15, 0.2) is 0 Å². The summed E-state index contributed by atoms with van der Waals surface area (Å²) in [5, 5.41) is 5.18. The lowest BCUT2D eigenvalue weighted by atomic mass is 9.78. The Bertz CT molecular complexity index is 196. The third-order valence-corrected chi connectivity index (χ3v) is 3.34. The molecule has 1 spiro atoms. The van der Waals surface area contributed by atoms with Gasteiger partial charge in [-0.2, -0.15) is 0 Å². The molecule has 0 aromatic carbocycles. The summed E-state index contributed by atoms with van der Waals surface area (Å²) >= 11 is 5.15. The summed E-state index contributed by atoms with van der Waals surface area (Å²) in [6, 6.07) is 0. The first-order valence-electron chi connectivity index (χ1n) is 4.47. The van der Waals surface area contributed by atoms with Crippen LogP contribution in [-0.4, -0.2) is 29.6 Å². The van der Waals surface area contributed by atoms with Crippen molar-refractivity contribution >= 4 is 17.2 Å². The number of rotatable bonds is 0. The van der Waals surface area contributed by atoms with E-state index in [0.717, 1.165) is 31.0 Å². The molecule has 0 bridgehead atoms. The second-order valence-electron chi connectivity index (χ2n) is 3.99. The predicted octanol–water partition coefficient (Wildman–Crippen LogP) is 0.263. The van der Waals surface area contributed by atoms with Gasteiger partial charge in [0.2, 0.25) is 0 Å². The molecule has 0 aromatic rings. The Morgan fingerprint density at radius 1 is 1.42 bits per heavy atom. The monoisotopic (exact) mass is 185 g/mol. The van der Waals surface area contributed by atoms with Gasteiger partial charge >= 0.3 is 0 Å². The van der Waals surface area contributed by atoms with Gasteiger partial charge < -0.3 is 5.32 Å². The number of nitrogens with two attached hydrogens (primary N) is 1. The molecule has 2 saturated heterocycles. The Kier molecular flexibility index (Phi) is 2.06. The standard InChI is InChI=1S/C8H15N3S/c9-11-3-1-8(2-4-11)5-7(12)10-6-8/h1-6,9H2,(H,10,12). The number of hydrogen-bond acceptors (Lipinski definition) is 3. The molecule has 0 saturated carbocycles. The maximum Gasteiger partial charge on any atom is 0.0759 e. The van der Waals surface area contributed by atoms with Crippen molar-refractivity contribution < 1.29 is 0 Å². The molecule has 2 rings (SSSR count). The van der Waals surface area contributed by atoms with Gasteiger partial charge in [-0.3, -0.25) is 5.84 Å². The largest absolute Gasteiger partial charge is 0.379 e. The van der Waals surface area contributed by atoms with Crippen LogP contribution in [0.2, 0.25) is 0 Å². The van der Waals surface area contributed by atoms with E-state index in [1.165, 1.54) is 12.8 Å². The Hall–Kier alpha value is -0.190.